The highest BCUT2D eigenvalue weighted by molar-refractivity contribution is 6.37. The van der Waals surface area contributed by atoms with Crippen molar-refractivity contribution in [3.05, 3.63) is 35.6 Å². The minimum Gasteiger partial charge on any atom is -0.489 e. The lowest BCUT2D eigenvalue weighted by Gasteiger charge is -2.24. The second-order valence-corrected chi connectivity index (χ2v) is 4.92. The molecule has 18 heavy (non-hydrogen) atoms. The van der Waals surface area contributed by atoms with Crippen LogP contribution in [0.15, 0.2) is 30.6 Å². The lowest BCUT2D eigenvalue weighted by Crippen LogP contribution is -2.34. The number of benzene rings is 1. The van der Waals surface area contributed by atoms with Crippen molar-refractivity contribution >= 4 is 22.4 Å². The number of fused-ring (bicyclic) bond motifs is 1. The Morgan fingerprint density at radius 2 is 2.06 bits per heavy atom. The molecule has 2 aromatic rings. The zero-order valence-electron chi connectivity index (χ0n) is 10.0. The Hall–Kier alpha value is -1.32. The van der Waals surface area contributed by atoms with Gasteiger partial charge in [0.25, 0.3) is 0 Å². The van der Waals surface area contributed by atoms with Crippen LogP contribution in [0, 0.1) is 0 Å². The molecule has 0 unspecified atom stereocenters. The summed E-state index contributed by atoms with van der Waals surface area (Å²) in [4.78, 5) is 4.09. The maximum absolute atomic E-state index is 6.39. The molecule has 0 radical (unpaired) electrons. The van der Waals surface area contributed by atoms with E-state index in [4.69, 9.17) is 16.3 Å². The largest absolute Gasteiger partial charge is 0.489 e. The lowest BCUT2D eigenvalue weighted by atomic mass is 10.1. The molecule has 1 N–H and O–H groups in total. The van der Waals surface area contributed by atoms with Gasteiger partial charge in [-0.3, -0.25) is 4.98 Å². The van der Waals surface area contributed by atoms with E-state index in [-0.39, 0.29) is 6.10 Å². The van der Waals surface area contributed by atoms with Crippen LogP contribution in [-0.2, 0) is 0 Å². The maximum atomic E-state index is 6.39. The van der Waals surface area contributed by atoms with Gasteiger partial charge in [0.2, 0.25) is 0 Å². The van der Waals surface area contributed by atoms with E-state index in [9.17, 15) is 0 Å². The average molecular weight is 263 g/mol. The highest BCUT2D eigenvalue weighted by Crippen LogP contribution is 2.33. The zero-order valence-corrected chi connectivity index (χ0v) is 10.8. The van der Waals surface area contributed by atoms with Crippen molar-refractivity contribution in [1.82, 2.24) is 10.3 Å². The van der Waals surface area contributed by atoms with Crippen molar-refractivity contribution in [2.45, 2.75) is 18.9 Å². The van der Waals surface area contributed by atoms with Gasteiger partial charge in [0, 0.05) is 23.2 Å². The fourth-order valence-electron chi connectivity index (χ4n) is 2.29. The maximum Gasteiger partial charge on any atom is 0.138 e. The number of ether oxygens (including phenoxy) is 1. The van der Waals surface area contributed by atoms with Crippen LogP contribution in [0.3, 0.4) is 0 Å². The number of piperidine rings is 1. The molecule has 2 heterocycles. The molecule has 0 spiro atoms. The summed E-state index contributed by atoms with van der Waals surface area (Å²) in [6, 6.07) is 5.87. The molecular formula is C14H15ClN2O. The first-order valence-electron chi connectivity index (χ1n) is 6.24. The zero-order chi connectivity index (χ0) is 12.4. The summed E-state index contributed by atoms with van der Waals surface area (Å²) in [7, 11) is 0. The van der Waals surface area contributed by atoms with Crippen LogP contribution in [-0.4, -0.2) is 24.2 Å². The van der Waals surface area contributed by atoms with Crippen LogP contribution in [0.25, 0.3) is 10.8 Å². The number of aromatic nitrogens is 1. The number of rotatable bonds is 2. The van der Waals surface area contributed by atoms with E-state index < -0.39 is 0 Å². The van der Waals surface area contributed by atoms with Gasteiger partial charge in [-0.2, -0.15) is 0 Å². The predicted octanol–water partition coefficient (Wildman–Crippen LogP) is 3.02. The fourth-order valence-corrected chi connectivity index (χ4v) is 2.57. The molecule has 94 valence electrons. The second-order valence-electron chi connectivity index (χ2n) is 4.54. The SMILES string of the molecule is Clc1c(OC2CCNCC2)ccc2cnccc12. The molecule has 1 aromatic carbocycles. The van der Waals surface area contributed by atoms with Crippen molar-refractivity contribution in [2.24, 2.45) is 0 Å². The number of nitrogens with zero attached hydrogens (tertiary/aromatic N) is 1. The van der Waals surface area contributed by atoms with Crippen molar-refractivity contribution < 1.29 is 4.74 Å². The number of hydrogen-bond acceptors (Lipinski definition) is 3. The molecule has 1 aliphatic heterocycles. The number of pyridine rings is 1. The van der Waals surface area contributed by atoms with Gasteiger partial charge in [-0.25, -0.2) is 0 Å². The third-order valence-electron chi connectivity index (χ3n) is 3.30. The number of halogens is 1. The Morgan fingerprint density at radius 3 is 2.89 bits per heavy atom. The third kappa shape index (κ3) is 2.28. The molecule has 0 bridgehead atoms. The van der Waals surface area contributed by atoms with Crippen molar-refractivity contribution in [1.29, 1.82) is 0 Å². The summed E-state index contributed by atoms with van der Waals surface area (Å²) >= 11 is 6.39. The van der Waals surface area contributed by atoms with E-state index in [0.29, 0.717) is 5.02 Å². The van der Waals surface area contributed by atoms with Gasteiger partial charge in [-0.15, -0.1) is 0 Å². The Labute approximate surface area is 111 Å². The van der Waals surface area contributed by atoms with Gasteiger partial charge in [0.05, 0.1) is 5.02 Å². The van der Waals surface area contributed by atoms with Gasteiger partial charge in [-0.05, 0) is 44.1 Å². The molecule has 3 rings (SSSR count). The molecule has 3 nitrogen and oxygen atoms in total. The summed E-state index contributed by atoms with van der Waals surface area (Å²) in [6.45, 7) is 2.03. The van der Waals surface area contributed by atoms with Gasteiger partial charge >= 0.3 is 0 Å². The molecular weight excluding hydrogens is 248 g/mol. The molecule has 0 aliphatic carbocycles. The monoisotopic (exact) mass is 262 g/mol. The minimum atomic E-state index is 0.267. The van der Waals surface area contributed by atoms with Crippen LogP contribution >= 0.6 is 11.6 Å². The average Bonchev–Trinajstić information content (AvgIpc) is 2.43. The van der Waals surface area contributed by atoms with Gasteiger partial charge in [0.15, 0.2) is 0 Å². The van der Waals surface area contributed by atoms with E-state index in [1.807, 2.05) is 24.4 Å². The first-order valence-corrected chi connectivity index (χ1v) is 6.62. The van der Waals surface area contributed by atoms with E-state index >= 15 is 0 Å². The van der Waals surface area contributed by atoms with Crippen LogP contribution < -0.4 is 10.1 Å². The molecule has 0 amide bonds. The molecule has 1 saturated heterocycles. The molecule has 1 aromatic heterocycles. The van der Waals surface area contributed by atoms with E-state index in [0.717, 1.165) is 42.5 Å². The third-order valence-corrected chi connectivity index (χ3v) is 3.69. The number of hydrogen-bond donors (Lipinski definition) is 1. The van der Waals surface area contributed by atoms with Gasteiger partial charge in [-0.1, -0.05) is 11.6 Å². The quantitative estimate of drug-likeness (QED) is 0.903. The van der Waals surface area contributed by atoms with Crippen molar-refractivity contribution in [2.75, 3.05) is 13.1 Å². The topological polar surface area (TPSA) is 34.1 Å². The predicted molar refractivity (Wildman–Crippen MR) is 73.3 cm³/mol. The molecule has 4 heteroatoms. The van der Waals surface area contributed by atoms with E-state index in [1.165, 1.54) is 0 Å². The molecule has 1 fully saturated rings. The molecule has 0 saturated carbocycles. The fraction of sp³-hybridized carbons (Fsp3) is 0.357. The molecule has 0 atom stereocenters. The smallest absolute Gasteiger partial charge is 0.138 e. The normalized spacial score (nSPS) is 16.9. The summed E-state index contributed by atoms with van der Waals surface area (Å²) < 4.78 is 6.00. The first-order chi connectivity index (χ1) is 8.84. The Bertz CT molecular complexity index is 552. The Kier molecular flexibility index (Phi) is 3.35. The second kappa shape index (κ2) is 5.12. The number of nitrogens with one attached hydrogen (secondary N) is 1. The first kappa shape index (κ1) is 11.8. The highest BCUT2D eigenvalue weighted by Gasteiger charge is 2.16. The Morgan fingerprint density at radius 1 is 1.22 bits per heavy atom. The van der Waals surface area contributed by atoms with Crippen molar-refractivity contribution in [3.8, 4) is 5.75 Å². The standard InChI is InChI=1S/C14H15ClN2O/c15-14-12-5-8-17-9-10(12)1-2-13(14)18-11-3-6-16-7-4-11/h1-2,5,8-9,11,16H,3-4,6-7H2. The van der Waals surface area contributed by atoms with E-state index in [1.54, 1.807) is 6.20 Å². The van der Waals surface area contributed by atoms with Crippen LogP contribution in [0.2, 0.25) is 5.02 Å². The van der Waals surface area contributed by atoms with Crippen LogP contribution in [0.1, 0.15) is 12.8 Å². The summed E-state index contributed by atoms with van der Waals surface area (Å²) in [5, 5.41) is 6.05. The van der Waals surface area contributed by atoms with E-state index in [2.05, 4.69) is 10.3 Å². The van der Waals surface area contributed by atoms with Crippen LogP contribution in [0.4, 0.5) is 0 Å². The lowest BCUT2D eigenvalue weighted by molar-refractivity contribution is 0.163. The Balaban J connectivity index is 1.89. The van der Waals surface area contributed by atoms with Gasteiger partial charge in [0.1, 0.15) is 11.9 Å². The summed E-state index contributed by atoms with van der Waals surface area (Å²) in [6.07, 6.45) is 5.90. The van der Waals surface area contributed by atoms with Crippen molar-refractivity contribution in [3.63, 3.8) is 0 Å². The summed E-state index contributed by atoms with van der Waals surface area (Å²) in [5.41, 5.74) is 0. The highest BCUT2D eigenvalue weighted by atomic mass is 35.5. The van der Waals surface area contributed by atoms with Crippen LogP contribution in [0.5, 0.6) is 5.75 Å². The van der Waals surface area contributed by atoms with Gasteiger partial charge < -0.3 is 10.1 Å². The molecule has 1 aliphatic rings. The summed E-state index contributed by atoms with van der Waals surface area (Å²) in [5.74, 6) is 0.780. The minimum absolute atomic E-state index is 0.267.